The van der Waals surface area contributed by atoms with Gasteiger partial charge in [-0.05, 0) is 30.7 Å². The summed E-state index contributed by atoms with van der Waals surface area (Å²) in [5, 5.41) is 1.04. The topological polar surface area (TPSA) is 61.9 Å². The minimum atomic E-state index is -0.0321. The molecule has 0 unspecified atom stereocenters. The molecule has 1 aliphatic rings. The van der Waals surface area contributed by atoms with Gasteiger partial charge in [-0.2, -0.15) is 0 Å². The SMILES string of the molecule is Cc1nc2c(c(=O)[nH]1)CN(Cc1ccc(-c3ccc(Cl)c(Cl)c3)nc1)CC2. The molecular formula is C20H18Cl2N4O. The molecule has 27 heavy (non-hydrogen) atoms. The number of rotatable bonds is 3. The van der Waals surface area contributed by atoms with Crippen LogP contribution in [0.4, 0.5) is 0 Å². The molecule has 1 N–H and O–H groups in total. The summed E-state index contributed by atoms with van der Waals surface area (Å²) in [6.45, 7) is 4.03. The predicted molar refractivity (Wildman–Crippen MR) is 107 cm³/mol. The molecule has 5 nitrogen and oxygen atoms in total. The van der Waals surface area contributed by atoms with Gasteiger partial charge in [-0.3, -0.25) is 14.7 Å². The maximum absolute atomic E-state index is 12.2. The van der Waals surface area contributed by atoms with Crippen LogP contribution in [0.5, 0.6) is 0 Å². The average Bonchev–Trinajstić information content (AvgIpc) is 2.65. The maximum atomic E-state index is 12.2. The van der Waals surface area contributed by atoms with Gasteiger partial charge in [0.15, 0.2) is 0 Å². The van der Waals surface area contributed by atoms with Crippen LogP contribution in [0.3, 0.4) is 0 Å². The molecule has 7 heteroatoms. The molecule has 0 bridgehead atoms. The number of fused-ring (bicyclic) bond motifs is 1. The largest absolute Gasteiger partial charge is 0.310 e. The first-order chi connectivity index (χ1) is 13.0. The van der Waals surface area contributed by atoms with Crippen molar-refractivity contribution in [2.24, 2.45) is 0 Å². The summed E-state index contributed by atoms with van der Waals surface area (Å²) < 4.78 is 0. The van der Waals surface area contributed by atoms with Gasteiger partial charge in [-0.1, -0.05) is 35.3 Å². The average molecular weight is 401 g/mol. The number of H-pyrrole nitrogens is 1. The molecule has 4 rings (SSSR count). The van der Waals surface area contributed by atoms with Gasteiger partial charge in [0.2, 0.25) is 0 Å². The Morgan fingerprint density at radius 3 is 2.78 bits per heavy atom. The lowest BCUT2D eigenvalue weighted by molar-refractivity contribution is 0.241. The van der Waals surface area contributed by atoms with Gasteiger partial charge in [0.25, 0.3) is 5.56 Å². The van der Waals surface area contributed by atoms with Crippen molar-refractivity contribution in [3.05, 3.63) is 79.6 Å². The second-order valence-electron chi connectivity index (χ2n) is 6.72. The van der Waals surface area contributed by atoms with Crippen LogP contribution in [-0.4, -0.2) is 26.4 Å². The van der Waals surface area contributed by atoms with E-state index >= 15 is 0 Å². The number of hydrogen-bond acceptors (Lipinski definition) is 4. The highest BCUT2D eigenvalue weighted by Gasteiger charge is 2.20. The summed E-state index contributed by atoms with van der Waals surface area (Å²) in [5.41, 5.74) is 4.52. The van der Waals surface area contributed by atoms with E-state index in [1.165, 1.54) is 0 Å². The van der Waals surface area contributed by atoms with Crippen LogP contribution in [0.2, 0.25) is 10.0 Å². The number of halogens is 2. The van der Waals surface area contributed by atoms with Crippen molar-refractivity contribution >= 4 is 23.2 Å². The number of aromatic nitrogens is 3. The number of pyridine rings is 1. The van der Waals surface area contributed by atoms with E-state index in [1.54, 1.807) is 6.07 Å². The van der Waals surface area contributed by atoms with Crippen molar-refractivity contribution in [1.29, 1.82) is 0 Å². The van der Waals surface area contributed by atoms with Gasteiger partial charge < -0.3 is 4.98 Å². The second kappa shape index (κ2) is 7.43. The molecule has 3 heterocycles. The molecule has 0 atom stereocenters. The van der Waals surface area contributed by atoms with Crippen LogP contribution < -0.4 is 5.56 Å². The Bertz CT molecular complexity index is 1050. The highest BCUT2D eigenvalue weighted by atomic mass is 35.5. The molecular weight excluding hydrogens is 383 g/mol. The first-order valence-corrected chi connectivity index (χ1v) is 9.46. The molecule has 0 saturated heterocycles. The van der Waals surface area contributed by atoms with Gasteiger partial charge >= 0.3 is 0 Å². The van der Waals surface area contributed by atoms with Crippen molar-refractivity contribution in [1.82, 2.24) is 19.9 Å². The minimum absolute atomic E-state index is 0.0321. The molecule has 0 radical (unpaired) electrons. The van der Waals surface area contributed by atoms with Gasteiger partial charge in [0, 0.05) is 37.8 Å². The summed E-state index contributed by atoms with van der Waals surface area (Å²) in [4.78, 5) is 26.2. The van der Waals surface area contributed by atoms with Crippen molar-refractivity contribution in [3.8, 4) is 11.3 Å². The monoisotopic (exact) mass is 400 g/mol. The minimum Gasteiger partial charge on any atom is -0.310 e. The molecule has 1 aliphatic heterocycles. The van der Waals surface area contributed by atoms with Crippen molar-refractivity contribution in [3.63, 3.8) is 0 Å². The van der Waals surface area contributed by atoms with Crippen molar-refractivity contribution < 1.29 is 0 Å². The summed E-state index contributed by atoms with van der Waals surface area (Å²) in [7, 11) is 0. The number of aromatic amines is 1. The Hall–Kier alpha value is -2.21. The smallest absolute Gasteiger partial charge is 0.255 e. The van der Waals surface area contributed by atoms with E-state index in [-0.39, 0.29) is 5.56 Å². The van der Waals surface area contributed by atoms with Crippen LogP contribution in [0.25, 0.3) is 11.3 Å². The first-order valence-electron chi connectivity index (χ1n) is 8.71. The van der Waals surface area contributed by atoms with E-state index in [0.29, 0.717) is 22.4 Å². The van der Waals surface area contributed by atoms with E-state index in [2.05, 4.69) is 25.9 Å². The van der Waals surface area contributed by atoms with Gasteiger partial charge in [0.1, 0.15) is 5.82 Å². The fraction of sp³-hybridized carbons (Fsp3) is 0.250. The van der Waals surface area contributed by atoms with Crippen molar-refractivity contribution in [2.75, 3.05) is 6.54 Å². The van der Waals surface area contributed by atoms with Gasteiger partial charge in [0.05, 0.1) is 27.0 Å². The summed E-state index contributed by atoms with van der Waals surface area (Å²) in [5.74, 6) is 0.675. The Morgan fingerprint density at radius 2 is 2.04 bits per heavy atom. The normalized spacial score (nSPS) is 14.2. The van der Waals surface area contributed by atoms with Crippen molar-refractivity contribution in [2.45, 2.75) is 26.4 Å². The van der Waals surface area contributed by atoms with Gasteiger partial charge in [-0.15, -0.1) is 0 Å². The summed E-state index contributed by atoms with van der Waals surface area (Å²) in [6.07, 6.45) is 2.65. The highest BCUT2D eigenvalue weighted by Crippen LogP contribution is 2.27. The maximum Gasteiger partial charge on any atom is 0.255 e. The third-order valence-corrected chi connectivity index (χ3v) is 5.45. The second-order valence-corrected chi connectivity index (χ2v) is 7.53. The molecule has 138 valence electrons. The molecule has 0 spiro atoms. The Kier molecular flexibility index (Phi) is 5.00. The lowest BCUT2D eigenvalue weighted by atomic mass is 10.1. The van der Waals surface area contributed by atoms with Crippen LogP contribution in [0.15, 0.2) is 41.3 Å². The standard InChI is InChI=1S/C20H18Cl2N4O/c1-12-24-19-6-7-26(11-15(19)20(27)25-12)10-13-2-5-18(23-9-13)14-3-4-16(21)17(22)8-14/h2-5,8-9H,6-7,10-11H2,1H3,(H,24,25,27). The van der Waals surface area contributed by atoms with Crippen LogP contribution in [0, 0.1) is 6.92 Å². The number of aryl methyl sites for hydroxylation is 1. The predicted octanol–water partition coefficient (Wildman–Crippen LogP) is 4.01. The van der Waals surface area contributed by atoms with E-state index in [9.17, 15) is 4.79 Å². The lowest BCUT2D eigenvalue weighted by Gasteiger charge is -2.27. The third kappa shape index (κ3) is 3.90. The fourth-order valence-corrected chi connectivity index (χ4v) is 3.64. The summed E-state index contributed by atoms with van der Waals surface area (Å²) in [6, 6.07) is 9.52. The van der Waals surface area contributed by atoms with Crippen LogP contribution >= 0.6 is 23.2 Å². The zero-order chi connectivity index (χ0) is 19.0. The Morgan fingerprint density at radius 1 is 1.19 bits per heavy atom. The molecule has 0 amide bonds. The Labute approximate surface area is 167 Å². The zero-order valence-corrected chi connectivity index (χ0v) is 16.3. The number of benzene rings is 1. The lowest BCUT2D eigenvalue weighted by Crippen LogP contribution is -2.35. The van der Waals surface area contributed by atoms with E-state index in [0.717, 1.165) is 47.6 Å². The Balaban J connectivity index is 1.49. The number of nitrogens with one attached hydrogen (secondary N) is 1. The summed E-state index contributed by atoms with van der Waals surface area (Å²) >= 11 is 12.1. The number of nitrogens with zero attached hydrogens (tertiary/aromatic N) is 3. The van der Waals surface area contributed by atoms with Crippen LogP contribution in [0.1, 0.15) is 22.6 Å². The molecule has 0 saturated carbocycles. The molecule has 0 aliphatic carbocycles. The zero-order valence-electron chi connectivity index (χ0n) is 14.8. The fourth-order valence-electron chi connectivity index (χ4n) is 3.34. The quantitative estimate of drug-likeness (QED) is 0.721. The van der Waals surface area contributed by atoms with Crippen LogP contribution in [-0.2, 0) is 19.5 Å². The highest BCUT2D eigenvalue weighted by molar-refractivity contribution is 6.42. The van der Waals surface area contributed by atoms with E-state index in [4.69, 9.17) is 23.2 Å². The van der Waals surface area contributed by atoms with E-state index in [1.807, 2.05) is 31.3 Å². The molecule has 1 aromatic carbocycles. The van der Waals surface area contributed by atoms with Gasteiger partial charge in [-0.25, -0.2) is 4.98 Å². The third-order valence-electron chi connectivity index (χ3n) is 4.71. The number of hydrogen-bond donors (Lipinski definition) is 1. The first kappa shape index (κ1) is 18.2. The molecule has 3 aromatic rings. The molecule has 2 aromatic heterocycles. The van der Waals surface area contributed by atoms with E-state index < -0.39 is 0 Å². The molecule has 0 fully saturated rings.